The molecule has 0 radical (unpaired) electrons. The molecule has 0 bridgehead atoms. The van der Waals surface area contributed by atoms with Gasteiger partial charge in [0.25, 0.3) is 0 Å². The fraction of sp³-hybridized carbons (Fsp3) is 0.133. The predicted octanol–water partition coefficient (Wildman–Crippen LogP) is 10.3. The minimum Gasteiger partial charge on any atom is -0.455 e. The van der Waals surface area contributed by atoms with Gasteiger partial charge in [-0.1, -0.05) is 128 Å². The molecule has 0 atom stereocenters. The molecule has 5 aromatic carbocycles. The maximum Gasteiger partial charge on any atom is 0.205 e. The first-order valence-electron chi connectivity index (χ1n) is 18.1. The van der Waals surface area contributed by atoms with Crippen LogP contribution in [0.25, 0.3) is 44.8 Å². The van der Waals surface area contributed by atoms with Gasteiger partial charge < -0.3 is 8.98 Å². The molecule has 4 heterocycles. The van der Waals surface area contributed by atoms with Gasteiger partial charge in [-0.25, -0.2) is 9.97 Å². The smallest absolute Gasteiger partial charge is 0.205 e. The highest BCUT2D eigenvalue weighted by Gasteiger charge is 2.41. The third-order valence-corrected chi connectivity index (χ3v) is 10.9. The van der Waals surface area contributed by atoms with Gasteiger partial charge in [0.05, 0.1) is 11.0 Å². The highest BCUT2D eigenvalue weighted by molar-refractivity contribution is 9.10. The second-order valence-electron chi connectivity index (χ2n) is 13.6. The van der Waals surface area contributed by atoms with E-state index in [9.17, 15) is 0 Å². The van der Waals surface area contributed by atoms with Gasteiger partial charge in [0.15, 0.2) is 11.2 Å². The zero-order valence-electron chi connectivity index (χ0n) is 30.1. The minimum atomic E-state index is -0.883. The monoisotopic (exact) mass is 769 g/mol. The van der Waals surface area contributed by atoms with Gasteiger partial charge in [-0.15, -0.1) is 15.0 Å². The highest BCUT2D eigenvalue weighted by atomic mass is 79.9. The lowest BCUT2D eigenvalue weighted by Gasteiger charge is -2.34. The molecule has 0 saturated heterocycles. The molecule has 9 rings (SSSR count). The molecule has 0 amide bonds. The van der Waals surface area contributed by atoms with Crippen molar-refractivity contribution in [2.45, 2.75) is 39.3 Å². The van der Waals surface area contributed by atoms with Gasteiger partial charge in [0, 0.05) is 28.6 Å². The molecule has 8 nitrogen and oxygen atoms in total. The van der Waals surface area contributed by atoms with E-state index in [0.29, 0.717) is 18.1 Å². The van der Waals surface area contributed by atoms with Crippen LogP contribution in [0.15, 0.2) is 148 Å². The molecule has 9 heteroatoms. The van der Waals surface area contributed by atoms with Gasteiger partial charge >= 0.3 is 0 Å². The standard InChI is InChI=1S/C45H36BrN7O/c1-4-39-48-41-29(2)26-30(3)47-44(41)52(39)28-31-24-25-38-37(27-31)40(46)42(54-38)35-22-14-15-23-36(35)43-49-51-53(50-43)45(32-16-8-5-9-17-32,33-18-10-6-11-19-33)34-20-12-7-13-21-34/h5-27H,4,28H2,1-3H3. The summed E-state index contributed by atoms with van der Waals surface area (Å²) >= 11 is 3.94. The Hall–Kier alpha value is -6.19. The van der Waals surface area contributed by atoms with E-state index in [1.54, 1.807) is 4.80 Å². The molecule has 0 aliphatic heterocycles. The number of rotatable bonds is 9. The molecule has 4 aromatic heterocycles. The van der Waals surface area contributed by atoms with Crippen molar-refractivity contribution in [2.24, 2.45) is 0 Å². The Morgan fingerprint density at radius 1 is 0.704 bits per heavy atom. The van der Waals surface area contributed by atoms with Crippen LogP contribution in [0.5, 0.6) is 0 Å². The van der Waals surface area contributed by atoms with Crippen molar-refractivity contribution >= 4 is 38.1 Å². The third-order valence-electron chi connectivity index (χ3n) is 10.2. The quantitative estimate of drug-likeness (QED) is 0.136. The molecule has 0 aliphatic carbocycles. The molecule has 0 fully saturated rings. The van der Waals surface area contributed by atoms with Crippen LogP contribution in [0.2, 0.25) is 0 Å². The van der Waals surface area contributed by atoms with Gasteiger partial charge in [0.1, 0.15) is 22.7 Å². The number of imidazole rings is 1. The number of aryl methyl sites for hydroxylation is 3. The van der Waals surface area contributed by atoms with Crippen molar-refractivity contribution in [1.29, 1.82) is 0 Å². The van der Waals surface area contributed by atoms with E-state index in [-0.39, 0.29) is 0 Å². The number of hydrogen-bond acceptors (Lipinski definition) is 6. The number of furan rings is 1. The summed E-state index contributed by atoms with van der Waals surface area (Å²) in [6.07, 6.45) is 0.815. The second-order valence-corrected chi connectivity index (χ2v) is 14.3. The first-order valence-corrected chi connectivity index (χ1v) is 18.9. The van der Waals surface area contributed by atoms with Crippen molar-refractivity contribution in [1.82, 2.24) is 34.7 Å². The van der Waals surface area contributed by atoms with E-state index < -0.39 is 5.54 Å². The van der Waals surface area contributed by atoms with Crippen molar-refractivity contribution in [3.8, 4) is 22.7 Å². The molecule has 9 aromatic rings. The number of tetrazole rings is 1. The van der Waals surface area contributed by atoms with Crippen LogP contribution in [0.4, 0.5) is 0 Å². The van der Waals surface area contributed by atoms with Gasteiger partial charge in [-0.05, 0) is 81.0 Å². The summed E-state index contributed by atoms with van der Waals surface area (Å²) in [5.41, 5.74) is 9.75. The Balaban J connectivity index is 1.14. The molecule has 0 unspecified atom stereocenters. The number of nitrogens with zero attached hydrogens (tertiary/aromatic N) is 7. The van der Waals surface area contributed by atoms with Crippen LogP contribution in [-0.2, 0) is 18.5 Å². The van der Waals surface area contributed by atoms with E-state index >= 15 is 0 Å². The lowest BCUT2D eigenvalue weighted by Crippen LogP contribution is -2.39. The highest BCUT2D eigenvalue weighted by Crippen LogP contribution is 2.43. The number of fused-ring (bicyclic) bond motifs is 2. The van der Waals surface area contributed by atoms with Crippen molar-refractivity contribution in [3.05, 3.63) is 183 Å². The van der Waals surface area contributed by atoms with E-state index in [1.807, 2.05) is 91.9 Å². The summed E-state index contributed by atoms with van der Waals surface area (Å²) in [5, 5.41) is 15.7. The molecular weight excluding hydrogens is 734 g/mol. The number of benzene rings is 5. The van der Waals surface area contributed by atoms with Gasteiger partial charge in [0.2, 0.25) is 5.82 Å². The number of halogens is 1. The lowest BCUT2D eigenvalue weighted by molar-refractivity contribution is 0.396. The summed E-state index contributed by atoms with van der Waals surface area (Å²) in [5.74, 6) is 2.20. The average Bonchev–Trinajstić information content (AvgIpc) is 3.93. The van der Waals surface area contributed by atoms with E-state index in [0.717, 1.165) is 83.5 Å². The third kappa shape index (κ3) is 5.54. The maximum atomic E-state index is 6.60. The lowest BCUT2D eigenvalue weighted by atomic mass is 9.77. The van der Waals surface area contributed by atoms with Crippen LogP contribution in [0.3, 0.4) is 0 Å². The van der Waals surface area contributed by atoms with Crippen molar-refractivity contribution in [3.63, 3.8) is 0 Å². The molecule has 0 spiro atoms. The molecule has 54 heavy (non-hydrogen) atoms. The summed E-state index contributed by atoms with van der Waals surface area (Å²) in [7, 11) is 0. The van der Waals surface area contributed by atoms with E-state index in [1.165, 1.54) is 0 Å². The van der Waals surface area contributed by atoms with Crippen molar-refractivity contribution < 1.29 is 4.42 Å². The predicted molar refractivity (Wildman–Crippen MR) is 216 cm³/mol. The fourth-order valence-corrected chi connectivity index (χ4v) is 8.28. The molecular formula is C45H36BrN7O. The summed E-state index contributed by atoms with van der Waals surface area (Å²) in [6.45, 7) is 6.92. The molecule has 0 saturated carbocycles. The van der Waals surface area contributed by atoms with E-state index in [4.69, 9.17) is 29.8 Å². The Bertz CT molecular complexity index is 2670. The summed E-state index contributed by atoms with van der Waals surface area (Å²) in [6, 6.07) is 47.6. The van der Waals surface area contributed by atoms with Crippen LogP contribution in [0.1, 0.15) is 46.3 Å². The van der Waals surface area contributed by atoms with Crippen LogP contribution >= 0.6 is 15.9 Å². The van der Waals surface area contributed by atoms with Gasteiger partial charge in [-0.3, -0.25) is 0 Å². The second kappa shape index (κ2) is 13.7. The summed E-state index contributed by atoms with van der Waals surface area (Å²) in [4.78, 5) is 11.6. The Labute approximate surface area is 321 Å². The summed E-state index contributed by atoms with van der Waals surface area (Å²) < 4.78 is 9.70. The first kappa shape index (κ1) is 33.6. The van der Waals surface area contributed by atoms with Crippen LogP contribution in [0, 0.1) is 13.8 Å². The molecule has 0 aliphatic rings. The van der Waals surface area contributed by atoms with E-state index in [2.05, 4.69) is 88.9 Å². The number of hydrogen-bond donors (Lipinski definition) is 0. The van der Waals surface area contributed by atoms with Gasteiger partial charge in [-0.2, -0.15) is 0 Å². The van der Waals surface area contributed by atoms with Crippen LogP contribution < -0.4 is 0 Å². The topological polar surface area (TPSA) is 87.5 Å². The number of aromatic nitrogens is 7. The average molecular weight is 771 g/mol. The molecule has 264 valence electrons. The minimum absolute atomic E-state index is 0.489. The fourth-order valence-electron chi connectivity index (χ4n) is 7.68. The Morgan fingerprint density at radius 3 is 1.94 bits per heavy atom. The Morgan fingerprint density at radius 2 is 1.31 bits per heavy atom. The number of pyridine rings is 1. The van der Waals surface area contributed by atoms with Crippen molar-refractivity contribution in [2.75, 3.05) is 0 Å². The zero-order valence-corrected chi connectivity index (χ0v) is 31.7. The Kier molecular flexibility index (Phi) is 8.51. The molecule has 0 N–H and O–H groups in total. The first-order chi connectivity index (χ1) is 26.4. The zero-order chi connectivity index (χ0) is 36.8. The SMILES string of the molecule is CCc1nc2c(C)cc(C)nc2n1Cc1ccc2oc(-c3ccccc3-c3nnn(C(c4ccccc4)(c4ccccc4)c4ccccc4)n3)c(Br)c2c1. The maximum absolute atomic E-state index is 6.60. The van der Waals surface area contributed by atoms with Crippen LogP contribution in [-0.4, -0.2) is 34.7 Å². The normalized spacial score (nSPS) is 11.9. The largest absolute Gasteiger partial charge is 0.455 e.